The van der Waals surface area contributed by atoms with Crippen LogP contribution >= 0.6 is 0 Å². The smallest absolute Gasteiger partial charge is 0.122 e. The first-order valence-corrected chi connectivity index (χ1v) is 6.56. The number of methoxy groups -OCH3 is 1. The summed E-state index contributed by atoms with van der Waals surface area (Å²) in [5.41, 5.74) is 0.561. The molecular weight excluding hydrogens is 226 g/mol. The summed E-state index contributed by atoms with van der Waals surface area (Å²) in [4.78, 5) is 0. The monoisotopic (exact) mass is 251 g/mol. The van der Waals surface area contributed by atoms with E-state index in [2.05, 4.69) is 18.3 Å². The topological polar surface area (TPSA) is 41.5 Å². The fourth-order valence-corrected chi connectivity index (χ4v) is 1.79. The highest BCUT2D eigenvalue weighted by molar-refractivity contribution is 5.33. The van der Waals surface area contributed by atoms with Gasteiger partial charge in [0.15, 0.2) is 0 Å². The Balaban J connectivity index is 2.52. The molecule has 1 rings (SSSR count). The Morgan fingerprint density at radius 3 is 2.67 bits per heavy atom. The molecule has 1 aromatic carbocycles. The molecule has 2 N–H and O–H groups in total. The fraction of sp³-hybridized carbons (Fsp3) is 0.600. The molecule has 2 atom stereocenters. The van der Waals surface area contributed by atoms with Crippen LogP contribution in [-0.2, 0) is 6.42 Å². The van der Waals surface area contributed by atoms with Gasteiger partial charge in [0.25, 0.3) is 0 Å². The number of para-hydroxylation sites is 1. The second kappa shape index (κ2) is 6.76. The Bertz CT molecular complexity index is 363. The molecule has 2 unspecified atom stereocenters. The van der Waals surface area contributed by atoms with Crippen molar-refractivity contribution >= 4 is 0 Å². The fourth-order valence-electron chi connectivity index (χ4n) is 1.79. The number of aliphatic hydroxyl groups is 1. The Morgan fingerprint density at radius 1 is 1.39 bits per heavy atom. The molecule has 102 valence electrons. The third-order valence-corrected chi connectivity index (χ3v) is 3.31. The normalized spacial score (nSPS) is 16.1. The van der Waals surface area contributed by atoms with Crippen LogP contribution in [0.2, 0.25) is 0 Å². The summed E-state index contributed by atoms with van der Waals surface area (Å²) < 4.78 is 5.34. The summed E-state index contributed by atoms with van der Waals surface area (Å²) in [6.45, 7) is 6.58. The lowest BCUT2D eigenvalue weighted by molar-refractivity contribution is 0.0534. The molecule has 0 aliphatic carbocycles. The number of rotatable bonds is 7. The first-order chi connectivity index (χ1) is 8.48. The molecule has 0 amide bonds. The number of ether oxygens (including phenoxy) is 1. The zero-order valence-corrected chi connectivity index (χ0v) is 11.9. The second-order valence-electron chi connectivity index (χ2n) is 5.15. The van der Waals surface area contributed by atoms with Crippen molar-refractivity contribution in [1.29, 1.82) is 0 Å². The maximum Gasteiger partial charge on any atom is 0.122 e. The van der Waals surface area contributed by atoms with Crippen molar-refractivity contribution in [2.45, 2.75) is 45.3 Å². The zero-order valence-electron chi connectivity index (χ0n) is 11.9. The average molecular weight is 251 g/mol. The van der Waals surface area contributed by atoms with Gasteiger partial charge in [0, 0.05) is 12.6 Å². The first kappa shape index (κ1) is 15.0. The predicted octanol–water partition coefficient (Wildman–Crippen LogP) is 2.38. The summed E-state index contributed by atoms with van der Waals surface area (Å²) in [5, 5.41) is 13.3. The van der Waals surface area contributed by atoms with Gasteiger partial charge in [-0.05, 0) is 38.3 Å². The number of nitrogens with one attached hydrogen (secondary N) is 1. The summed E-state index contributed by atoms with van der Waals surface area (Å²) in [6.07, 6.45) is 1.64. The van der Waals surface area contributed by atoms with E-state index in [1.54, 1.807) is 7.11 Å². The van der Waals surface area contributed by atoms with E-state index < -0.39 is 5.60 Å². The van der Waals surface area contributed by atoms with Gasteiger partial charge in [-0.1, -0.05) is 25.1 Å². The van der Waals surface area contributed by atoms with Crippen LogP contribution in [0.4, 0.5) is 0 Å². The van der Waals surface area contributed by atoms with Crippen molar-refractivity contribution in [2.24, 2.45) is 0 Å². The van der Waals surface area contributed by atoms with Crippen molar-refractivity contribution < 1.29 is 9.84 Å². The van der Waals surface area contributed by atoms with E-state index in [9.17, 15) is 5.11 Å². The second-order valence-corrected chi connectivity index (χ2v) is 5.15. The Labute approximate surface area is 110 Å². The van der Waals surface area contributed by atoms with Gasteiger partial charge >= 0.3 is 0 Å². The van der Waals surface area contributed by atoms with Gasteiger partial charge in [-0.3, -0.25) is 0 Å². The molecular formula is C15H25NO2. The number of hydrogen-bond acceptors (Lipinski definition) is 3. The van der Waals surface area contributed by atoms with Crippen LogP contribution < -0.4 is 10.1 Å². The molecule has 1 aromatic rings. The highest BCUT2D eigenvalue weighted by Gasteiger charge is 2.18. The van der Waals surface area contributed by atoms with Crippen LogP contribution in [0.5, 0.6) is 5.75 Å². The quantitative estimate of drug-likeness (QED) is 0.782. The van der Waals surface area contributed by atoms with Crippen LogP contribution in [0, 0.1) is 0 Å². The summed E-state index contributed by atoms with van der Waals surface area (Å²) >= 11 is 0. The largest absolute Gasteiger partial charge is 0.496 e. The lowest BCUT2D eigenvalue weighted by Crippen LogP contribution is -2.41. The number of hydrogen-bond donors (Lipinski definition) is 2. The van der Waals surface area contributed by atoms with Gasteiger partial charge in [-0.25, -0.2) is 0 Å². The summed E-state index contributed by atoms with van der Waals surface area (Å²) in [5.74, 6) is 0.924. The van der Waals surface area contributed by atoms with E-state index in [1.807, 2.05) is 32.0 Å². The highest BCUT2D eigenvalue weighted by atomic mass is 16.5. The lowest BCUT2D eigenvalue weighted by atomic mass is 10.0. The van der Waals surface area contributed by atoms with Gasteiger partial charge in [-0.15, -0.1) is 0 Å². The van der Waals surface area contributed by atoms with Crippen molar-refractivity contribution in [3.8, 4) is 5.75 Å². The Hall–Kier alpha value is -1.06. The van der Waals surface area contributed by atoms with Crippen molar-refractivity contribution in [1.82, 2.24) is 5.32 Å². The number of benzene rings is 1. The minimum Gasteiger partial charge on any atom is -0.496 e. The molecule has 0 spiro atoms. The maximum absolute atomic E-state index is 9.95. The molecule has 3 heteroatoms. The van der Waals surface area contributed by atoms with Gasteiger partial charge in [0.1, 0.15) is 5.75 Å². The molecule has 0 saturated heterocycles. The van der Waals surface area contributed by atoms with Gasteiger partial charge in [-0.2, -0.15) is 0 Å². The van der Waals surface area contributed by atoms with E-state index in [-0.39, 0.29) is 0 Å². The van der Waals surface area contributed by atoms with Crippen molar-refractivity contribution in [3.05, 3.63) is 29.8 Å². The Kier molecular flexibility index (Phi) is 5.63. The molecule has 18 heavy (non-hydrogen) atoms. The van der Waals surface area contributed by atoms with Crippen LogP contribution in [0.3, 0.4) is 0 Å². The van der Waals surface area contributed by atoms with Crippen LogP contribution in [0.25, 0.3) is 0 Å². The highest BCUT2D eigenvalue weighted by Crippen LogP contribution is 2.19. The first-order valence-electron chi connectivity index (χ1n) is 6.56. The zero-order chi connectivity index (χ0) is 13.6. The lowest BCUT2D eigenvalue weighted by Gasteiger charge is -2.25. The van der Waals surface area contributed by atoms with Gasteiger partial charge < -0.3 is 15.2 Å². The summed E-state index contributed by atoms with van der Waals surface area (Å²) in [7, 11) is 1.69. The minimum absolute atomic E-state index is 0.305. The molecule has 0 fully saturated rings. The van der Waals surface area contributed by atoms with Crippen molar-refractivity contribution in [2.75, 3.05) is 13.7 Å². The minimum atomic E-state index is -0.630. The van der Waals surface area contributed by atoms with Crippen LogP contribution in [0.1, 0.15) is 32.8 Å². The van der Waals surface area contributed by atoms with Crippen LogP contribution in [0.15, 0.2) is 24.3 Å². The van der Waals surface area contributed by atoms with Crippen LogP contribution in [-0.4, -0.2) is 30.4 Å². The molecule has 0 aliphatic heterocycles. The van der Waals surface area contributed by atoms with Gasteiger partial charge in [0.05, 0.1) is 12.7 Å². The molecule has 0 heterocycles. The van der Waals surface area contributed by atoms with E-state index in [0.29, 0.717) is 12.6 Å². The average Bonchev–Trinajstić information content (AvgIpc) is 2.37. The maximum atomic E-state index is 9.95. The van der Waals surface area contributed by atoms with E-state index in [0.717, 1.165) is 18.6 Å². The molecule has 0 aliphatic rings. The van der Waals surface area contributed by atoms with Gasteiger partial charge in [0.2, 0.25) is 0 Å². The van der Waals surface area contributed by atoms with E-state index >= 15 is 0 Å². The third-order valence-electron chi connectivity index (χ3n) is 3.31. The van der Waals surface area contributed by atoms with E-state index in [1.165, 1.54) is 5.56 Å². The van der Waals surface area contributed by atoms with E-state index in [4.69, 9.17) is 4.74 Å². The predicted molar refractivity (Wildman–Crippen MR) is 75.1 cm³/mol. The molecule has 0 saturated carbocycles. The standard InChI is InChI=1S/C15H25NO2/c1-5-15(3,17)11-16-12(2)10-13-8-6-7-9-14(13)18-4/h6-9,12,16-17H,5,10-11H2,1-4H3. The molecule has 0 aromatic heterocycles. The summed E-state index contributed by atoms with van der Waals surface area (Å²) in [6, 6.07) is 8.35. The molecule has 0 bridgehead atoms. The van der Waals surface area contributed by atoms with Crippen molar-refractivity contribution in [3.63, 3.8) is 0 Å². The SMILES string of the molecule is CCC(C)(O)CNC(C)Cc1ccccc1OC. The third kappa shape index (κ3) is 4.67. The Morgan fingerprint density at radius 2 is 2.06 bits per heavy atom. The molecule has 3 nitrogen and oxygen atoms in total. The molecule has 0 radical (unpaired) electrons.